The van der Waals surface area contributed by atoms with E-state index in [0.29, 0.717) is 16.8 Å². The minimum absolute atomic E-state index is 0.224. The van der Waals surface area contributed by atoms with Crippen molar-refractivity contribution in [2.75, 3.05) is 5.32 Å². The highest BCUT2D eigenvalue weighted by molar-refractivity contribution is 7.17. The van der Waals surface area contributed by atoms with Crippen LogP contribution in [0.15, 0.2) is 6.07 Å². The molecule has 2 aromatic heterocycles. The van der Waals surface area contributed by atoms with E-state index in [0.717, 1.165) is 22.7 Å². The average molecular weight is 264 g/mol. The highest BCUT2D eigenvalue weighted by Gasteiger charge is 2.14. The van der Waals surface area contributed by atoms with Gasteiger partial charge in [-0.05, 0) is 26.8 Å². The number of carboxylic acid groups (broad SMARTS) is 1. The van der Waals surface area contributed by atoms with Crippen molar-refractivity contribution in [1.29, 1.82) is 0 Å². The van der Waals surface area contributed by atoms with Crippen molar-refractivity contribution in [3.63, 3.8) is 0 Å². The molecule has 18 heavy (non-hydrogen) atoms. The number of aryl methyl sites for hydroxylation is 3. The Labute approximate surface area is 108 Å². The lowest BCUT2D eigenvalue weighted by atomic mass is 10.4. The molecule has 0 aromatic carbocycles. The van der Waals surface area contributed by atoms with Crippen molar-refractivity contribution in [2.45, 2.75) is 20.8 Å². The molecule has 0 saturated heterocycles. The first-order valence-corrected chi connectivity index (χ1v) is 6.07. The number of carbonyl (C=O) groups is 1. The van der Waals surface area contributed by atoms with Crippen molar-refractivity contribution in [1.82, 2.24) is 15.0 Å². The monoisotopic (exact) mass is 264 g/mol. The zero-order valence-corrected chi connectivity index (χ0v) is 11.0. The summed E-state index contributed by atoms with van der Waals surface area (Å²) < 4.78 is 0. The van der Waals surface area contributed by atoms with E-state index in [2.05, 4.69) is 20.3 Å². The van der Waals surface area contributed by atoms with Gasteiger partial charge in [0, 0.05) is 11.4 Å². The number of nitrogens with zero attached hydrogens (tertiary/aromatic N) is 3. The topological polar surface area (TPSA) is 88.0 Å². The second-order valence-corrected chi connectivity index (χ2v) is 4.84. The van der Waals surface area contributed by atoms with Crippen molar-refractivity contribution in [3.05, 3.63) is 28.0 Å². The predicted molar refractivity (Wildman–Crippen MR) is 68.6 cm³/mol. The number of hydrogen-bond acceptors (Lipinski definition) is 6. The molecule has 0 amide bonds. The molecule has 0 unspecified atom stereocenters. The van der Waals surface area contributed by atoms with Gasteiger partial charge >= 0.3 is 5.97 Å². The lowest BCUT2D eigenvalue weighted by Gasteiger charge is -2.02. The quantitative estimate of drug-likeness (QED) is 0.884. The van der Waals surface area contributed by atoms with E-state index in [1.165, 1.54) is 0 Å². The highest BCUT2D eigenvalue weighted by Crippen LogP contribution is 2.24. The van der Waals surface area contributed by atoms with Gasteiger partial charge in [-0.3, -0.25) is 0 Å². The summed E-state index contributed by atoms with van der Waals surface area (Å²) in [5.41, 5.74) is 2.17. The molecule has 6 nitrogen and oxygen atoms in total. The largest absolute Gasteiger partial charge is 0.477 e. The van der Waals surface area contributed by atoms with Gasteiger partial charge in [0.2, 0.25) is 5.95 Å². The second-order valence-electron chi connectivity index (χ2n) is 3.84. The van der Waals surface area contributed by atoms with Crippen LogP contribution in [0.5, 0.6) is 0 Å². The molecule has 0 fully saturated rings. The Morgan fingerprint density at radius 2 is 1.83 bits per heavy atom. The summed E-state index contributed by atoms with van der Waals surface area (Å²) in [4.78, 5) is 23.7. The molecule has 0 aliphatic heterocycles. The van der Waals surface area contributed by atoms with Gasteiger partial charge in [-0.15, -0.1) is 0 Å². The summed E-state index contributed by atoms with van der Waals surface area (Å²) in [5.74, 6) is -0.544. The molecule has 0 spiro atoms. The third kappa shape index (κ3) is 2.62. The Bertz CT molecular complexity index is 589. The predicted octanol–water partition coefficient (Wildman–Crippen LogP) is 2.30. The summed E-state index contributed by atoms with van der Waals surface area (Å²) in [7, 11) is 0. The molecule has 94 valence electrons. The lowest BCUT2D eigenvalue weighted by molar-refractivity contribution is 0.0701. The normalized spacial score (nSPS) is 10.4. The highest BCUT2D eigenvalue weighted by atomic mass is 32.1. The van der Waals surface area contributed by atoms with E-state index in [4.69, 9.17) is 5.11 Å². The number of thiazole rings is 1. The molecule has 0 aliphatic carbocycles. The summed E-state index contributed by atoms with van der Waals surface area (Å²) >= 11 is 1.07. The van der Waals surface area contributed by atoms with Crippen LogP contribution in [0.1, 0.15) is 26.8 Å². The fourth-order valence-corrected chi connectivity index (χ4v) is 2.32. The number of carboxylic acids is 1. The third-order valence-electron chi connectivity index (χ3n) is 2.19. The Morgan fingerprint density at radius 3 is 2.33 bits per heavy atom. The van der Waals surface area contributed by atoms with Crippen molar-refractivity contribution >= 4 is 28.4 Å². The van der Waals surface area contributed by atoms with Crippen molar-refractivity contribution in [3.8, 4) is 0 Å². The van der Waals surface area contributed by atoms with E-state index in [1.54, 1.807) is 6.92 Å². The first-order chi connectivity index (χ1) is 8.45. The Kier molecular flexibility index (Phi) is 3.24. The number of hydrogen-bond donors (Lipinski definition) is 2. The number of rotatable bonds is 3. The van der Waals surface area contributed by atoms with E-state index in [9.17, 15) is 4.79 Å². The van der Waals surface area contributed by atoms with E-state index in [-0.39, 0.29) is 4.88 Å². The molecular formula is C11H12N4O2S. The Morgan fingerprint density at radius 1 is 1.22 bits per heavy atom. The zero-order chi connectivity index (χ0) is 13.3. The molecule has 2 aromatic rings. The summed E-state index contributed by atoms with van der Waals surface area (Å²) in [6.45, 7) is 5.40. The van der Waals surface area contributed by atoms with Gasteiger partial charge < -0.3 is 10.4 Å². The fourth-order valence-electron chi connectivity index (χ4n) is 1.53. The van der Waals surface area contributed by atoms with Crippen LogP contribution in [-0.2, 0) is 0 Å². The van der Waals surface area contributed by atoms with Crippen LogP contribution < -0.4 is 5.32 Å². The van der Waals surface area contributed by atoms with Crippen LogP contribution in [0.25, 0.3) is 0 Å². The van der Waals surface area contributed by atoms with Crippen LogP contribution in [0.2, 0.25) is 0 Å². The van der Waals surface area contributed by atoms with Crippen molar-refractivity contribution in [2.24, 2.45) is 0 Å². The molecule has 0 atom stereocenters. The van der Waals surface area contributed by atoms with Gasteiger partial charge in [0.05, 0.1) is 5.69 Å². The summed E-state index contributed by atoms with van der Waals surface area (Å²) in [6, 6.07) is 1.86. The molecule has 0 radical (unpaired) electrons. The van der Waals surface area contributed by atoms with E-state index >= 15 is 0 Å². The number of aromatic carboxylic acids is 1. The van der Waals surface area contributed by atoms with Gasteiger partial charge in [0.1, 0.15) is 4.88 Å². The minimum Gasteiger partial charge on any atom is -0.477 e. The zero-order valence-electron chi connectivity index (χ0n) is 10.2. The molecule has 0 saturated carbocycles. The SMILES string of the molecule is Cc1cc(C)nc(Nc2nc(C)c(C(=O)O)s2)n1. The molecular weight excluding hydrogens is 252 g/mol. The number of aromatic nitrogens is 3. The fraction of sp³-hybridized carbons (Fsp3) is 0.273. The molecule has 2 heterocycles. The smallest absolute Gasteiger partial charge is 0.347 e. The van der Waals surface area contributed by atoms with Crippen LogP contribution in [0, 0.1) is 20.8 Å². The van der Waals surface area contributed by atoms with Gasteiger partial charge in [-0.25, -0.2) is 19.7 Å². The van der Waals surface area contributed by atoms with Crippen molar-refractivity contribution < 1.29 is 9.90 Å². The number of nitrogens with one attached hydrogen (secondary N) is 1. The Balaban J connectivity index is 2.28. The second kappa shape index (κ2) is 4.69. The Hall–Kier alpha value is -2.02. The summed E-state index contributed by atoms with van der Waals surface area (Å²) in [6.07, 6.45) is 0. The molecule has 0 bridgehead atoms. The molecule has 2 N–H and O–H groups in total. The molecule has 0 aliphatic rings. The van der Waals surface area contributed by atoms with Crippen LogP contribution >= 0.6 is 11.3 Å². The number of anilines is 2. The standard InChI is InChI=1S/C11H12N4O2S/c1-5-4-6(2)13-10(12-5)15-11-14-7(3)8(18-11)9(16)17/h4H,1-3H3,(H,16,17)(H,12,13,14,15). The maximum Gasteiger partial charge on any atom is 0.347 e. The maximum absolute atomic E-state index is 10.9. The van der Waals surface area contributed by atoms with Crippen LogP contribution in [-0.4, -0.2) is 26.0 Å². The van der Waals surface area contributed by atoms with Crippen LogP contribution in [0.4, 0.5) is 11.1 Å². The third-order valence-corrected chi connectivity index (χ3v) is 3.25. The lowest BCUT2D eigenvalue weighted by Crippen LogP contribution is -1.99. The molecule has 2 rings (SSSR count). The van der Waals surface area contributed by atoms with Gasteiger partial charge in [0.25, 0.3) is 0 Å². The minimum atomic E-state index is -0.973. The van der Waals surface area contributed by atoms with Gasteiger partial charge in [-0.2, -0.15) is 0 Å². The van der Waals surface area contributed by atoms with E-state index in [1.807, 2.05) is 19.9 Å². The van der Waals surface area contributed by atoms with Crippen LogP contribution in [0.3, 0.4) is 0 Å². The summed E-state index contributed by atoms with van der Waals surface area (Å²) in [5, 5.41) is 12.3. The van der Waals surface area contributed by atoms with Gasteiger partial charge in [0.15, 0.2) is 5.13 Å². The van der Waals surface area contributed by atoms with Gasteiger partial charge in [-0.1, -0.05) is 11.3 Å². The maximum atomic E-state index is 10.9. The first-order valence-electron chi connectivity index (χ1n) is 5.25. The first kappa shape index (κ1) is 12.4. The molecule has 7 heteroatoms. The van der Waals surface area contributed by atoms with E-state index < -0.39 is 5.97 Å². The average Bonchev–Trinajstić information content (AvgIpc) is 2.57.